The van der Waals surface area contributed by atoms with Crippen LogP contribution in [-0.2, 0) is 4.79 Å². The van der Waals surface area contributed by atoms with Gasteiger partial charge in [0.1, 0.15) is 5.75 Å². The standard InChI is InChI=1S/C15H12Cl2N2O4S/c1-8(12-4-5-13(24-12)15(21)22)18-19-14(20)7-23-11-3-2-9(16)6-10(11)17/h2-6H,7H2,1H3,(H,19,20)(H,21,22)/p-1/b18-8-. The van der Waals surface area contributed by atoms with Crippen LogP contribution in [0, 0.1) is 0 Å². The molecule has 0 fully saturated rings. The number of carbonyl (C=O) groups is 2. The van der Waals surface area contributed by atoms with Crippen LogP contribution in [0.4, 0.5) is 0 Å². The molecule has 2 rings (SSSR count). The van der Waals surface area contributed by atoms with Crippen LogP contribution in [0.25, 0.3) is 0 Å². The molecular formula is C15H11Cl2N2O4S-. The quantitative estimate of drug-likeness (QED) is 0.610. The van der Waals surface area contributed by atoms with Gasteiger partial charge in [0.15, 0.2) is 6.61 Å². The number of amides is 1. The van der Waals surface area contributed by atoms with Crippen LogP contribution >= 0.6 is 34.5 Å². The zero-order valence-corrected chi connectivity index (χ0v) is 14.7. The minimum atomic E-state index is -1.25. The maximum Gasteiger partial charge on any atom is 0.277 e. The molecule has 2 aromatic rings. The molecule has 0 radical (unpaired) electrons. The molecule has 0 saturated heterocycles. The molecule has 1 aromatic heterocycles. The highest BCUT2D eigenvalue weighted by Crippen LogP contribution is 2.27. The van der Waals surface area contributed by atoms with Gasteiger partial charge in [0.05, 0.1) is 26.5 Å². The fourth-order valence-corrected chi connectivity index (χ4v) is 2.86. The zero-order chi connectivity index (χ0) is 17.7. The summed E-state index contributed by atoms with van der Waals surface area (Å²) in [7, 11) is 0. The van der Waals surface area contributed by atoms with Gasteiger partial charge in [-0.3, -0.25) is 4.79 Å². The summed E-state index contributed by atoms with van der Waals surface area (Å²) in [5.74, 6) is -1.41. The van der Waals surface area contributed by atoms with Gasteiger partial charge < -0.3 is 14.6 Å². The van der Waals surface area contributed by atoms with Crippen molar-refractivity contribution >= 4 is 52.1 Å². The van der Waals surface area contributed by atoms with E-state index in [4.69, 9.17) is 27.9 Å². The minimum absolute atomic E-state index is 0.0894. The molecule has 0 spiro atoms. The van der Waals surface area contributed by atoms with Crippen LogP contribution in [0.3, 0.4) is 0 Å². The lowest BCUT2D eigenvalue weighted by Crippen LogP contribution is -2.25. The highest BCUT2D eigenvalue weighted by molar-refractivity contribution is 7.15. The third-order valence-corrected chi connectivity index (χ3v) is 4.47. The molecule has 24 heavy (non-hydrogen) atoms. The summed E-state index contributed by atoms with van der Waals surface area (Å²) < 4.78 is 5.27. The van der Waals surface area contributed by atoms with Gasteiger partial charge in [0, 0.05) is 5.02 Å². The topological polar surface area (TPSA) is 90.8 Å². The first-order valence-corrected chi connectivity index (χ1v) is 8.16. The predicted octanol–water partition coefficient (Wildman–Crippen LogP) is 2.34. The second-order valence-electron chi connectivity index (χ2n) is 4.55. The summed E-state index contributed by atoms with van der Waals surface area (Å²) in [6.07, 6.45) is 0. The lowest BCUT2D eigenvalue weighted by Gasteiger charge is -2.07. The Labute approximate surface area is 151 Å². The van der Waals surface area contributed by atoms with E-state index in [9.17, 15) is 14.7 Å². The van der Waals surface area contributed by atoms with Crippen molar-refractivity contribution in [2.75, 3.05) is 6.61 Å². The fourth-order valence-electron chi connectivity index (χ4n) is 1.61. The third-order valence-electron chi connectivity index (χ3n) is 2.76. The van der Waals surface area contributed by atoms with E-state index in [0.717, 1.165) is 11.3 Å². The number of hydrogen-bond donors (Lipinski definition) is 1. The maximum absolute atomic E-state index is 11.7. The van der Waals surface area contributed by atoms with Crippen molar-refractivity contribution in [3.8, 4) is 5.75 Å². The van der Waals surface area contributed by atoms with Crippen molar-refractivity contribution in [2.45, 2.75) is 6.92 Å². The van der Waals surface area contributed by atoms with Gasteiger partial charge >= 0.3 is 0 Å². The van der Waals surface area contributed by atoms with Gasteiger partial charge in [-0.05, 0) is 37.3 Å². The molecule has 126 valence electrons. The number of nitrogens with one attached hydrogen (secondary N) is 1. The first-order chi connectivity index (χ1) is 11.4. The molecular weight excluding hydrogens is 375 g/mol. The Morgan fingerprint density at radius 2 is 1.96 bits per heavy atom. The Bertz CT molecular complexity index is 805. The summed E-state index contributed by atoms with van der Waals surface area (Å²) in [5.41, 5.74) is 2.78. The first kappa shape index (κ1) is 18.3. The van der Waals surface area contributed by atoms with E-state index < -0.39 is 11.9 Å². The summed E-state index contributed by atoms with van der Waals surface area (Å²) >= 11 is 12.7. The average molecular weight is 386 g/mol. The number of aromatic carboxylic acids is 1. The van der Waals surface area contributed by atoms with E-state index in [0.29, 0.717) is 26.4 Å². The molecule has 1 N–H and O–H groups in total. The van der Waals surface area contributed by atoms with Gasteiger partial charge in [-0.25, -0.2) is 5.43 Å². The summed E-state index contributed by atoms with van der Waals surface area (Å²) in [5, 5.41) is 15.4. The highest BCUT2D eigenvalue weighted by atomic mass is 35.5. The maximum atomic E-state index is 11.7. The Kier molecular flexibility index (Phi) is 6.19. The van der Waals surface area contributed by atoms with E-state index in [2.05, 4.69) is 10.5 Å². The molecule has 0 atom stereocenters. The van der Waals surface area contributed by atoms with Crippen LogP contribution in [0.1, 0.15) is 21.5 Å². The van der Waals surface area contributed by atoms with Crippen LogP contribution in [0.15, 0.2) is 35.4 Å². The van der Waals surface area contributed by atoms with E-state index >= 15 is 0 Å². The summed E-state index contributed by atoms with van der Waals surface area (Å²) in [6.45, 7) is 1.36. The Morgan fingerprint density at radius 3 is 2.58 bits per heavy atom. The molecule has 0 aliphatic heterocycles. The number of nitrogens with zero attached hydrogens (tertiary/aromatic N) is 1. The number of ether oxygens (including phenoxy) is 1. The Morgan fingerprint density at radius 1 is 1.25 bits per heavy atom. The number of carboxylic acid groups (broad SMARTS) is 1. The molecule has 0 aliphatic rings. The number of rotatable bonds is 6. The molecule has 0 aliphatic carbocycles. The lowest BCUT2D eigenvalue weighted by atomic mass is 10.3. The number of benzene rings is 1. The molecule has 9 heteroatoms. The highest BCUT2D eigenvalue weighted by Gasteiger charge is 2.07. The number of carboxylic acids is 1. The molecule has 6 nitrogen and oxygen atoms in total. The molecule has 1 aromatic carbocycles. The lowest BCUT2D eigenvalue weighted by molar-refractivity contribution is -0.254. The third kappa shape index (κ3) is 4.95. The van der Waals surface area contributed by atoms with Crippen molar-refractivity contribution in [2.24, 2.45) is 5.10 Å². The molecule has 0 saturated carbocycles. The molecule has 0 bridgehead atoms. The predicted molar refractivity (Wildman–Crippen MR) is 91.0 cm³/mol. The van der Waals surface area contributed by atoms with Crippen molar-refractivity contribution in [1.82, 2.24) is 5.43 Å². The van der Waals surface area contributed by atoms with Crippen molar-refractivity contribution in [3.05, 3.63) is 50.1 Å². The summed E-state index contributed by atoms with van der Waals surface area (Å²) in [6, 6.07) is 7.66. The van der Waals surface area contributed by atoms with Crippen LogP contribution in [0.5, 0.6) is 5.75 Å². The van der Waals surface area contributed by atoms with Crippen LogP contribution < -0.4 is 15.3 Å². The molecule has 1 amide bonds. The van der Waals surface area contributed by atoms with Gasteiger partial charge in [-0.1, -0.05) is 23.2 Å². The van der Waals surface area contributed by atoms with E-state index in [-0.39, 0.29) is 11.5 Å². The zero-order valence-electron chi connectivity index (χ0n) is 12.3. The number of carbonyl (C=O) groups excluding carboxylic acids is 2. The monoisotopic (exact) mass is 385 g/mol. The Balaban J connectivity index is 1.90. The average Bonchev–Trinajstić information content (AvgIpc) is 3.02. The number of hydrazone groups is 1. The van der Waals surface area contributed by atoms with Gasteiger partial charge in [0.2, 0.25) is 0 Å². The fraction of sp³-hybridized carbons (Fsp3) is 0.133. The minimum Gasteiger partial charge on any atom is -0.544 e. The molecule has 1 heterocycles. The number of thiophene rings is 1. The van der Waals surface area contributed by atoms with Gasteiger partial charge in [0.25, 0.3) is 5.91 Å². The van der Waals surface area contributed by atoms with E-state index in [1.165, 1.54) is 12.1 Å². The first-order valence-electron chi connectivity index (χ1n) is 6.59. The number of hydrogen-bond acceptors (Lipinski definition) is 6. The van der Waals surface area contributed by atoms with Crippen LogP contribution in [0.2, 0.25) is 10.0 Å². The van der Waals surface area contributed by atoms with E-state index in [1.807, 2.05) is 0 Å². The second kappa shape index (κ2) is 8.14. The smallest absolute Gasteiger partial charge is 0.277 e. The molecule has 0 unspecified atom stereocenters. The number of halogens is 2. The van der Waals surface area contributed by atoms with Gasteiger partial charge in [-0.15, -0.1) is 11.3 Å². The second-order valence-corrected chi connectivity index (χ2v) is 6.47. The largest absolute Gasteiger partial charge is 0.544 e. The summed E-state index contributed by atoms with van der Waals surface area (Å²) in [4.78, 5) is 23.2. The SMILES string of the molecule is C/C(=N/NC(=O)COc1ccc(Cl)cc1Cl)c1ccc(C(=O)[O-])s1. The van der Waals surface area contributed by atoms with Crippen molar-refractivity contribution in [1.29, 1.82) is 0 Å². The van der Waals surface area contributed by atoms with Crippen molar-refractivity contribution < 1.29 is 19.4 Å². The van der Waals surface area contributed by atoms with Crippen LogP contribution in [-0.4, -0.2) is 24.2 Å². The van der Waals surface area contributed by atoms with Crippen molar-refractivity contribution in [3.63, 3.8) is 0 Å². The normalized spacial score (nSPS) is 11.2. The van der Waals surface area contributed by atoms with E-state index in [1.54, 1.807) is 25.1 Å². The van der Waals surface area contributed by atoms with Gasteiger partial charge in [-0.2, -0.15) is 5.10 Å². The Hall–Kier alpha value is -2.09.